The zero-order valence-corrected chi connectivity index (χ0v) is 16.1. The minimum absolute atomic E-state index is 0.630. The molecule has 0 aliphatic heterocycles. The number of nitrogens with one attached hydrogen (secondary N) is 1. The van der Waals surface area contributed by atoms with Crippen molar-refractivity contribution in [3.05, 3.63) is 66.6 Å². The molecule has 27 heavy (non-hydrogen) atoms. The van der Waals surface area contributed by atoms with E-state index in [4.69, 9.17) is 9.15 Å². The van der Waals surface area contributed by atoms with Gasteiger partial charge in [0.15, 0.2) is 4.34 Å². The monoisotopic (exact) mass is 396 g/mol. The number of hydrogen-bond donors (Lipinski definition) is 1. The second-order valence-corrected chi connectivity index (χ2v) is 7.73. The third-order valence-electron chi connectivity index (χ3n) is 3.66. The number of thioether (sulfide) groups is 1. The van der Waals surface area contributed by atoms with Crippen molar-refractivity contribution in [3.8, 4) is 17.2 Å². The standard InChI is InChI=1S/C19H16N4O2S2/c1-24-16-9-7-14(8-10-16)21-18-22-23-19(27-18)26-12-15-11-25-17(20-15)13-5-3-2-4-6-13/h2-11H,12H2,1H3,(H,21,22). The van der Waals surface area contributed by atoms with Crippen molar-refractivity contribution in [2.45, 2.75) is 10.1 Å². The number of aromatic nitrogens is 3. The minimum Gasteiger partial charge on any atom is -0.497 e. The Morgan fingerprint density at radius 1 is 1.07 bits per heavy atom. The SMILES string of the molecule is COc1ccc(Nc2nnc(SCc3coc(-c4ccccc4)n3)s2)cc1. The van der Waals surface area contributed by atoms with Gasteiger partial charge in [0.2, 0.25) is 11.0 Å². The van der Waals surface area contributed by atoms with Crippen LogP contribution in [0.4, 0.5) is 10.8 Å². The molecule has 0 aliphatic carbocycles. The first-order valence-electron chi connectivity index (χ1n) is 8.17. The predicted molar refractivity (Wildman–Crippen MR) is 108 cm³/mol. The summed E-state index contributed by atoms with van der Waals surface area (Å²) in [5.41, 5.74) is 2.78. The number of hydrogen-bond acceptors (Lipinski definition) is 8. The van der Waals surface area contributed by atoms with Crippen LogP contribution in [-0.4, -0.2) is 22.3 Å². The van der Waals surface area contributed by atoms with Gasteiger partial charge in [0.25, 0.3) is 0 Å². The number of ether oxygens (including phenoxy) is 1. The van der Waals surface area contributed by atoms with E-state index in [0.29, 0.717) is 11.6 Å². The Bertz CT molecular complexity index is 1000. The van der Waals surface area contributed by atoms with Gasteiger partial charge in [-0.2, -0.15) is 0 Å². The van der Waals surface area contributed by atoms with Crippen LogP contribution < -0.4 is 10.1 Å². The van der Waals surface area contributed by atoms with Crippen LogP contribution in [0.5, 0.6) is 5.75 Å². The molecule has 0 fully saturated rings. The third kappa shape index (κ3) is 4.47. The Morgan fingerprint density at radius 2 is 1.89 bits per heavy atom. The molecule has 0 aliphatic rings. The summed E-state index contributed by atoms with van der Waals surface area (Å²) in [5.74, 6) is 2.12. The van der Waals surface area contributed by atoms with Gasteiger partial charge in [-0.3, -0.25) is 0 Å². The molecule has 2 aromatic carbocycles. The highest BCUT2D eigenvalue weighted by Crippen LogP contribution is 2.30. The summed E-state index contributed by atoms with van der Waals surface area (Å²) in [5, 5.41) is 12.4. The van der Waals surface area contributed by atoms with Crippen LogP contribution in [0.2, 0.25) is 0 Å². The molecule has 2 aromatic heterocycles. The van der Waals surface area contributed by atoms with Gasteiger partial charge in [-0.15, -0.1) is 10.2 Å². The van der Waals surface area contributed by atoms with Crippen molar-refractivity contribution in [2.75, 3.05) is 12.4 Å². The summed E-state index contributed by atoms with van der Waals surface area (Å²) in [4.78, 5) is 4.53. The summed E-state index contributed by atoms with van der Waals surface area (Å²) < 4.78 is 11.6. The molecule has 2 heterocycles. The van der Waals surface area contributed by atoms with Gasteiger partial charge >= 0.3 is 0 Å². The Labute approximate surface area is 164 Å². The smallest absolute Gasteiger partial charge is 0.226 e. The summed E-state index contributed by atoms with van der Waals surface area (Å²) in [6.07, 6.45) is 1.69. The number of nitrogens with zero attached hydrogens (tertiary/aromatic N) is 3. The molecule has 136 valence electrons. The lowest BCUT2D eigenvalue weighted by Gasteiger charge is -2.03. The Balaban J connectivity index is 1.35. The first-order chi connectivity index (χ1) is 13.3. The van der Waals surface area contributed by atoms with Crippen molar-refractivity contribution in [1.29, 1.82) is 0 Å². The van der Waals surface area contributed by atoms with Gasteiger partial charge < -0.3 is 14.5 Å². The van der Waals surface area contributed by atoms with E-state index in [1.807, 2.05) is 54.6 Å². The van der Waals surface area contributed by atoms with Crippen LogP contribution in [0.25, 0.3) is 11.5 Å². The Kier molecular flexibility index (Phi) is 5.36. The van der Waals surface area contributed by atoms with Crippen molar-refractivity contribution in [1.82, 2.24) is 15.2 Å². The molecule has 0 unspecified atom stereocenters. The third-order valence-corrected chi connectivity index (χ3v) is 5.67. The molecule has 4 rings (SSSR count). The zero-order valence-electron chi connectivity index (χ0n) is 14.5. The number of rotatable bonds is 7. The molecule has 8 heteroatoms. The lowest BCUT2D eigenvalue weighted by Crippen LogP contribution is -1.89. The second-order valence-electron chi connectivity index (χ2n) is 5.53. The number of methoxy groups -OCH3 is 1. The largest absolute Gasteiger partial charge is 0.497 e. The number of anilines is 2. The maximum absolute atomic E-state index is 5.56. The van der Waals surface area contributed by atoms with Gasteiger partial charge in [-0.05, 0) is 36.4 Å². The van der Waals surface area contributed by atoms with Crippen LogP contribution in [0, 0.1) is 0 Å². The van der Waals surface area contributed by atoms with Gasteiger partial charge in [0, 0.05) is 17.0 Å². The van der Waals surface area contributed by atoms with Crippen molar-refractivity contribution in [2.24, 2.45) is 0 Å². The molecule has 0 atom stereocenters. The van der Waals surface area contributed by atoms with E-state index in [-0.39, 0.29) is 0 Å². The first-order valence-corrected chi connectivity index (χ1v) is 9.97. The number of oxazole rings is 1. The van der Waals surface area contributed by atoms with E-state index >= 15 is 0 Å². The first kappa shape index (κ1) is 17.6. The molecule has 0 saturated carbocycles. The highest BCUT2D eigenvalue weighted by atomic mass is 32.2. The average molecular weight is 396 g/mol. The van der Waals surface area contributed by atoms with Crippen LogP contribution >= 0.6 is 23.1 Å². The average Bonchev–Trinajstić information content (AvgIpc) is 3.37. The van der Waals surface area contributed by atoms with Gasteiger partial charge in [-0.1, -0.05) is 41.3 Å². The summed E-state index contributed by atoms with van der Waals surface area (Å²) >= 11 is 3.08. The van der Waals surface area contributed by atoms with Crippen molar-refractivity contribution >= 4 is 33.9 Å². The predicted octanol–water partition coefficient (Wildman–Crippen LogP) is 5.24. The van der Waals surface area contributed by atoms with Crippen LogP contribution in [0.15, 0.2) is 69.6 Å². The fourth-order valence-corrected chi connectivity index (χ4v) is 3.99. The van der Waals surface area contributed by atoms with Crippen LogP contribution in [-0.2, 0) is 5.75 Å². The molecule has 0 bridgehead atoms. The van der Waals surface area contributed by atoms with Crippen LogP contribution in [0.1, 0.15) is 5.69 Å². The molecule has 1 N–H and O–H groups in total. The second kappa shape index (κ2) is 8.24. The fraction of sp³-hybridized carbons (Fsp3) is 0.105. The summed E-state index contributed by atoms with van der Waals surface area (Å²) in [6, 6.07) is 17.5. The maximum atomic E-state index is 5.56. The summed E-state index contributed by atoms with van der Waals surface area (Å²) in [6.45, 7) is 0. The van der Waals surface area contributed by atoms with Crippen molar-refractivity contribution < 1.29 is 9.15 Å². The van der Waals surface area contributed by atoms with E-state index < -0.39 is 0 Å². The van der Waals surface area contributed by atoms with E-state index in [1.165, 1.54) is 11.3 Å². The fourth-order valence-electron chi connectivity index (χ4n) is 2.34. The summed E-state index contributed by atoms with van der Waals surface area (Å²) in [7, 11) is 1.65. The van der Waals surface area contributed by atoms with Crippen molar-refractivity contribution in [3.63, 3.8) is 0 Å². The molecule has 0 radical (unpaired) electrons. The molecular weight excluding hydrogens is 380 g/mol. The lowest BCUT2D eigenvalue weighted by molar-refractivity contribution is 0.415. The zero-order chi connectivity index (χ0) is 18.5. The molecule has 0 saturated heterocycles. The molecule has 0 amide bonds. The Morgan fingerprint density at radius 3 is 2.67 bits per heavy atom. The van der Waals surface area contributed by atoms with E-state index in [1.54, 1.807) is 25.1 Å². The van der Waals surface area contributed by atoms with E-state index in [9.17, 15) is 0 Å². The van der Waals surface area contributed by atoms with Gasteiger partial charge in [0.1, 0.15) is 12.0 Å². The highest BCUT2D eigenvalue weighted by molar-refractivity contribution is 8.00. The molecule has 4 aromatic rings. The maximum Gasteiger partial charge on any atom is 0.226 e. The number of benzene rings is 2. The van der Waals surface area contributed by atoms with E-state index in [2.05, 4.69) is 20.5 Å². The Hall–Kier alpha value is -2.84. The normalized spacial score (nSPS) is 10.7. The minimum atomic E-state index is 0.630. The van der Waals surface area contributed by atoms with Crippen LogP contribution in [0.3, 0.4) is 0 Å². The lowest BCUT2D eigenvalue weighted by atomic mass is 10.2. The molecular formula is C19H16N4O2S2. The highest BCUT2D eigenvalue weighted by Gasteiger charge is 2.09. The molecule has 0 spiro atoms. The van der Waals surface area contributed by atoms with Gasteiger partial charge in [-0.25, -0.2) is 4.98 Å². The molecule has 6 nitrogen and oxygen atoms in total. The topological polar surface area (TPSA) is 73.1 Å². The van der Waals surface area contributed by atoms with E-state index in [0.717, 1.165) is 32.2 Å². The van der Waals surface area contributed by atoms with Gasteiger partial charge in [0.05, 0.1) is 12.8 Å². The quantitative estimate of drug-likeness (QED) is 0.428.